The van der Waals surface area contributed by atoms with Crippen LogP contribution in [-0.2, 0) is 16.7 Å². The molecule has 17 heavy (non-hydrogen) atoms. The molecule has 2 rings (SSSR count). The summed E-state index contributed by atoms with van der Waals surface area (Å²) in [7, 11) is 0. The lowest BCUT2D eigenvalue weighted by Crippen LogP contribution is -2.42. The summed E-state index contributed by atoms with van der Waals surface area (Å²) < 4.78 is 41.8. The van der Waals surface area contributed by atoms with Gasteiger partial charge in [0.25, 0.3) is 0 Å². The van der Waals surface area contributed by atoms with Crippen LogP contribution in [0.3, 0.4) is 0 Å². The molecule has 2 N–H and O–H groups in total. The Bertz CT molecular complexity index is 385. The maximum absolute atomic E-state index is 12.2. The van der Waals surface area contributed by atoms with E-state index in [2.05, 4.69) is 4.98 Å². The Labute approximate surface area is 101 Å². The number of nitrogens with two attached hydrogens (primary N) is 1. The van der Waals surface area contributed by atoms with Gasteiger partial charge in [-0.1, -0.05) is 0 Å². The van der Waals surface area contributed by atoms with Gasteiger partial charge in [-0.15, -0.1) is 11.3 Å². The van der Waals surface area contributed by atoms with E-state index in [-0.39, 0.29) is 5.01 Å². The fourth-order valence-corrected chi connectivity index (χ4v) is 2.72. The van der Waals surface area contributed by atoms with E-state index in [9.17, 15) is 13.2 Å². The average Bonchev–Trinajstić information content (AvgIpc) is 2.65. The average molecular weight is 266 g/mol. The molecule has 1 aliphatic rings. The van der Waals surface area contributed by atoms with Gasteiger partial charge < -0.3 is 10.5 Å². The van der Waals surface area contributed by atoms with Crippen LogP contribution in [0.5, 0.6) is 0 Å². The minimum Gasteiger partial charge on any atom is -0.381 e. The van der Waals surface area contributed by atoms with Crippen molar-refractivity contribution >= 4 is 11.3 Å². The highest BCUT2D eigenvalue weighted by molar-refractivity contribution is 7.09. The Morgan fingerprint density at radius 3 is 2.65 bits per heavy atom. The lowest BCUT2D eigenvalue weighted by atomic mass is 9.88. The summed E-state index contributed by atoms with van der Waals surface area (Å²) in [5, 5.41) is 1.70. The maximum atomic E-state index is 12.2. The third-order valence-corrected chi connectivity index (χ3v) is 3.65. The van der Waals surface area contributed by atoms with E-state index in [4.69, 9.17) is 10.5 Å². The molecule has 3 nitrogen and oxygen atoms in total. The number of halogens is 3. The molecule has 0 unspecified atom stereocenters. The van der Waals surface area contributed by atoms with Gasteiger partial charge in [0.1, 0.15) is 5.01 Å². The summed E-state index contributed by atoms with van der Waals surface area (Å²) in [5.74, 6) is 0. The SMILES string of the molecule is NC1(c2csc(CC(F)(F)F)n2)CCOCC1. The Morgan fingerprint density at radius 1 is 1.41 bits per heavy atom. The fourth-order valence-electron chi connectivity index (χ4n) is 1.78. The highest BCUT2D eigenvalue weighted by Crippen LogP contribution is 2.31. The molecule has 7 heteroatoms. The van der Waals surface area contributed by atoms with Gasteiger partial charge in [-0.05, 0) is 12.8 Å². The van der Waals surface area contributed by atoms with Crippen LogP contribution in [0.2, 0.25) is 0 Å². The summed E-state index contributed by atoms with van der Waals surface area (Å²) in [5.41, 5.74) is 6.07. The fraction of sp³-hybridized carbons (Fsp3) is 0.700. The van der Waals surface area contributed by atoms with Crippen LogP contribution in [0, 0.1) is 0 Å². The summed E-state index contributed by atoms with van der Waals surface area (Å²) in [6, 6.07) is 0. The van der Waals surface area contributed by atoms with Crippen molar-refractivity contribution in [1.29, 1.82) is 0 Å². The van der Waals surface area contributed by atoms with E-state index >= 15 is 0 Å². The van der Waals surface area contributed by atoms with Gasteiger partial charge in [0, 0.05) is 18.6 Å². The highest BCUT2D eigenvalue weighted by Gasteiger charge is 2.34. The third kappa shape index (κ3) is 3.17. The number of nitrogens with zero attached hydrogens (tertiary/aromatic N) is 1. The number of thiazole rings is 1. The van der Waals surface area contributed by atoms with Crippen LogP contribution in [-0.4, -0.2) is 24.4 Å². The van der Waals surface area contributed by atoms with Crippen LogP contribution in [0.1, 0.15) is 23.5 Å². The second-order valence-corrected chi connectivity index (χ2v) is 5.13. The van der Waals surface area contributed by atoms with Crippen molar-refractivity contribution in [3.8, 4) is 0 Å². The first-order chi connectivity index (χ1) is 7.89. The summed E-state index contributed by atoms with van der Waals surface area (Å²) in [6.45, 7) is 1.06. The summed E-state index contributed by atoms with van der Waals surface area (Å²) in [6.07, 6.45) is -4.00. The predicted molar refractivity (Wildman–Crippen MR) is 57.8 cm³/mol. The minimum atomic E-state index is -4.22. The Kier molecular flexibility index (Phi) is 3.42. The molecule has 1 aromatic rings. The monoisotopic (exact) mass is 266 g/mol. The van der Waals surface area contributed by atoms with Crippen LogP contribution < -0.4 is 5.73 Å². The van der Waals surface area contributed by atoms with Crippen LogP contribution in [0.25, 0.3) is 0 Å². The summed E-state index contributed by atoms with van der Waals surface area (Å²) in [4.78, 5) is 4.01. The number of hydrogen-bond donors (Lipinski definition) is 1. The number of aromatic nitrogens is 1. The molecule has 2 heterocycles. The van der Waals surface area contributed by atoms with Gasteiger partial charge in [-0.2, -0.15) is 13.2 Å². The van der Waals surface area contributed by atoms with Crippen molar-refractivity contribution in [2.45, 2.75) is 31.0 Å². The lowest BCUT2D eigenvalue weighted by Gasteiger charge is -2.31. The molecule has 0 bridgehead atoms. The first kappa shape index (κ1) is 12.8. The highest BCUT2D eigenvalue weighted by atomic mass is 32.1. The zero-order chi connectivity index (χ0) is 12.5. The van der Waals surface area contributed by atoms with Gasteiger partial charge in [0.05, 0.1) is 17.7 Å². The normalized spacial score (nSPS) is 20.5. The molecule has 1 saturated heterocycles. The number of hydrogen-bond acceptors (Lipinski definition) is 4. The second-order valence-electron chi connectivity index (χ2n) is 4.19. The van der Waals surface area contributed by atoms with Crippen LogP contribution in [0.15, 0.2) is 5.38 Å². The van der Waals surface area contributed by atoms with Gasteiger partial charge >= 0.3 is 6.18 Å². The third-order valence-electron chi connectivity index (χ3n) is 2.80. The van der Waals surface area contributed by atoms with Crippen LogP contribution >= 0.6 is 11.3 Å². The zero-order valence-electron chi connectivity index (χ0n) is 9.09. The summed E-state index contributed by atoms with van der Waals surface area (Å²) >= 11 is 1.02. The van der Waals surface area contributed by atoms with E-state index in [0.29, 0.717) is 31.7 Å². The largest absolute Gasteiger partial charge is 0.395 e. The molecule has 1 fully saturated rings. The Balaban J connectivity index is 2.12. The van der Waals surface area contributed by atoms with Crippen molar-refractivity contribution in [2.24, 2.45) is 5.73 Å². The molecular formula is C10H13F3N2OS. The quantitative estimate of drug-likeness (QED) is 0.892. The zero-order valence-corrected chi connectivity index (χ0v) is 9.90. The molecule has 0 atom stereocenters. The number of rotatable bonds is 2. The topological polar surface area (TPSA) is 48.1 Å². The van der Waals surface area contributed by atoms with E-state index in [1.165, 1.54) is 0 Å². The molecule has 0 spiro atoms. The van der Waals surface area contributed by atoms with Crippen molar-refractivity contribution < 1.29 is 17.9 Å². The maximum Gasteiger partial charge on any atom is 0.395 e. The van der Waals surface area contributed by atoms with E-state index in [1.54, 1.807) is 5.38 Å². The predicted octanol–water partition coefficient (Wildman–Crippen LogP) is 2.21. The van der Waals surface area contributed by atoms with Crippen LogP contribution in [0.4, 0.5) is 13.2 Å². The molecule has 0 radical (unpaired) electrons. The van der Waals surface area contributed by atoms with E-state index < -0.39 is 18.1 Å². The number of alkyl halides is 3. The van der Waals surface area contributed by atoms with Gasteiger partial charge in [-0.3, -0.25) is 0 Å². The second kappa shape index (κ2) is 4.55. The van der Waals surface area contributed by atoms with Crippen molar-refractivity contribution in [2.75, 3.05) is 13.2 Å². The Hall–Kier alpha value is -0.660. The lowest BCUT2D eigenvalue weighted by molar-refractivity contribution is -0.127. The van der Waals surface area contributed by atoms with Gasteiger partial charge in [0.15, 0.2) is 0 Å². The first-order valence-electron chi connectivity index (χ1n) is 5.27. The molecule has 0 amide bonds. The first-order valence-corrected chi connectivity index (χ1v) is 6.15. The molecule has 0 saturated carbocycles. The van der Waals surface area contributed by atoms with Crippen molar-refractivity contribution in [3.05, 3.63) is 16.1 Å². The van der Waals surface area contributed by atoms with Gasteiger partial charge in [0.2, 0.25) is 0 Å². The standard InChI is InChI=1S/C10H13F3N2OS/c11-10(12,13)5-8-15-7(6-17-8)9(14)1-3-16-4-2-9/h6H,1-5,14H2. The van der Waals surface area contributed by atoms with Gasteiger partial charge in [-0.25, -0.2) is 4.98 Å². The molecule has 96 valence electrons. The Morgan fingerprint density at radius 2 is 2.06 bits per heavy atom. The smallest absolute Gasteiger partial charge is 0.381 e. The van der Waals surface area contributed by atoms with Crippen molar-refractivity contribution in [3.63, 3.8) is 0 Å². The molecule has 0 aliphatic carbocycles. The molecular weight excluding hydrogens is 253 g/mol. The van der Waals surface area contributed by atoms with E-state index in [1.807, 2.05) is 0 Å². The van der Waals surface area contributed by atoms with Crippen molar-refractivity contribution in [1.82, 2.24) is 4.98 Å². The molecule has 1 aliphatic heterocycles. The van der Waals surface area contributed by atoms with E-state index in [0.717, 1.165) is 11.3 Å². The molecule has 0 aromatic carbocycles. The minimum absolute atomic E-state index is 0.0730. The number of ether oxygens (including phenoxy) is 1. The molecule has 1 aromatic heterocycles.